The van der Waals surface area contributed by atoms with Gasteiger partial charge < -0.3 is 24.9 Å². The second-order valence-electron chi connectivity index (χ2n) is 9.10. The van der Waals surface area contributed by atoms with Gasteiger partial charge in [-0.1, -0.05) is 38.5 Å². The minimum absolute atomic E-state index is 0.0651. The van der Waals surface area contributed by atoms with Crippen LogP contribution in [0.5, 0.6) is 5.75 Å². The van der Waals surface area contributed by atoms with Gasteiger partial charge in [0.2, 0.25) is 0 Å². The van der Waals surface area contributed by atoms with Crippen LogP contribution in [0.3, 0.4) is 0 Å². The normalized spacial score (nSPS) is 12.6. The standard InChI is InChI=1S/C30H32N2O5/c1-3-20(2)26(32-24-12-8-22(9-13-24)30(35)31-17-16-29(33)34)19-36-25-14-10-21(11-15-25)28-18-23-6-4-5-7-27(23)37-28/h4-15,18,20,26,32H,3,16-17,19H2,1-2H3,(H,31,35)(H,33,34). The zero-order chi connectivity index (χ0) is 26.2. The number of ether oxygens (including phenoxy) is 1. The van der Waals surface area contributed by atoms with Crippen LogP contribution in [0.15, 0.2) is 83.3 Å². The van der Waals surface area contributed by atoms with E-state index in [0.717, 1.165) is 40.2 Å². The molecule has 1 amide bonds. The lowest BCUT2D eigenvalue weighted by Gasteiger charge is -2.25. The third-order valence-electron chi connectivity index (χ3n) is 6.45. The van der Waals surface area contributed by atoms with Crippen molar-refractivity contribution in [2.45, 2.75) is 32.7 Å². The van der Waals surface area contributed by atoms with E-state index in [2.05, 4.69) is 24.5 Å². The summed E-state index contributed by atoms with van der Waals surface area (Å²) in [5.41, 5.74) is 3.23. The number of nitrogens with one attached hydrogen (secondary N) is 2. The molecule has 4 aromatic rings. The summed E-state index contributed by atoms with van der Waals surface area (Å²) < 4.78 is 12.1. The van der Waals surface area contributed by atoms with E-state index < -0.39 is 5.97 Å². The van der Waals surface area contributed by atoms with Crippen molar-refractivity contribution in [3.8, 4) is 17.1 Å². The van der Waals surface area contributed by atoms with Gasteiger partial charge in [-0.3, -0.25) is 9.59 Å². The van der Waals surface area contributed by atoms with Gasteiger partial charge in [0.05, 0.1) is 12.5 Å². The lowest BCUT2D eigenvalue weighted by molar-refractivity contribution is -0.136. The van der Waals surface area contributed by atoms with Crippen LogP contribution in [0.1, 0.15) is 37.0 Å². The number of carboxylic acid groups (broad SMARTS) is 1. The lowest BCUT2D eigenvalue weighted by atomic mass is 9.99. The highest BCUT2D eigenvalue weighted by molar-refractivity contribution is 5.94. The Morgan fingerprint density at radius 1 is 1.00 bits per heavy atom. The molecule has 7 heteroatoms. The number of amides is 1. The number of para-hydroxylation sites is 1. The molecule has 0 bridgehead atoms. The fraction of sp³-hybridized carbons (Fsp3) is 0.267. The van der Waals surface area contributed by atoms with E-state index >= 15 is 0 Å². The number of hydrogen-bond acceptors (Lipinski definition) is 5. The van der Waals surface area contributed by atoms with Crippen LogP contribution in [0, 0.1) is 5.92 Å². The number of rotatable bonds is 12. The molecule has 0 aliphatic heterocycles. The van der Waals surface area contributed by atoms with Crippen molar-refractivity contribution in [1.29, 1.82) is 0 Å². The summed E-state index contributed by atoms with van der Waals surface area (Å²) in [6, 6.07) is 25.1. The summed E-state index contributed by atoms with van der Waals surface area (Å²) in [6.07, 6.45) is 0.876. The molecule has 4 rings (SSSR count). The van der Waals surface area contributed by atoms with Gasteiger partial charge in [0, 0.05) is 28.7 Å². The van der Waals surface area contributed by atoms with Gasteiger partial charge in [-0.05, 0) is 66.6 Å². The summed E-state index contributed by atoms with van der Waals surface area (Å²) in [6.45, 7) is 4.90. The number of hydrogen-bond donors (Lipinski definition) is 3. The number of anilines is 1. The Hall–Kier alpha value is -4.26. The molecule has 1 aromatic heterocycles. The van der Waals surface area contributed by atoms with E-state index in [1.54, 1.807) is 12.1 Å². The van der Waals surface area contributed by atoms with Crippen LogP contribution in [0.4, 0.5) is 5.69 Å². The summed E-state index contributed by atoms with van der Waals surface area (Å²) in [7, 11) is 0. The predicted molar refractivity (Wildman–Crippen MR) is 145 cm³/mol. The number of carbonyl (C=O) groups excluding carboxylic acids is 1. The smallest absolute Gasteiger partial charge is 0.305 e. The third kappa shape index (κ3) is 6.91. The number of carbonyl (C=O) groups is 2. The predicted octanol–water partition coefficient (Wildman–Crippen LogP) is 6.21. The first-order valence-corrected chi connectivity index (χ1v) is 12.5. The average Bonchev–Trinajstić information content (AvgIpc) is 3.35. The first kappa shape index (κ1) is 25.8. The van der Waals surface area contributed by atoms with Crippen molar-refractivity contribution in [3.05, 3.63) is 84.4 Å². The first-order valence-electron chi connectivity index (χ1n) is 12.5. The second-order valence-corrected chi connectivity index (χ2v) is 9.10. The molecule has 0 spiro atoms. The molecule has 0 aliphatic carbocycles. The molecule has 7 nitrogen and oxygen atoms in total. The third-order valence-corrected chi connectivity index (χ3v) is 6.45. The summed E-state index contributed by atoms with van der Waals surface area (Å²) in [5.74, 6) is 0.726. The highest BCUT2D eigenvalue weighted by Crippen LogP contribution is 2.29. The van der Waals surface area contributed by atoms with Crippen molar-refractivity contribution in [3.63, 3.8) is 0 Å². The quantitative estimate of drug-likeness (QED) is 0.214. The molecule has 3 N–H and O–H groups in total. The molecule has 0 saturated heterocycles. The molecule has 2 atom stereocenters. The molecule has 1 heterocycles. The number of aliphatic carboxylic acids is 1. The van der Waals surface area contributed by atoms with E-state index in [-0.39, 0.29) is 24.9 Å². The molecular weight excluding hydrogens is 468 g/mol. The van der Waals surface area contributed by atoms with Gasteiger partial charge in [-0.15, -0.1) is 0 Å². The monoisotopic (exact) mass is 500 g/mol. The average molecular weight is 501 g/mol. The number of fused-ring (bicyclic) bond motifs is 1. The molecular formula is C30H32N2O5. The highest BCUT2D eigenvalue weighted by atomic mass is 16.5. The van der Waals surface area contributed by atoms with Gasteiger partial charge in [-0.2, -0.15) is 0 Å². The summed E-state index contributed by atoms with van der Waals surface area (Å²) in [4.78, 5) is 22.8. The Morgan fingerprint density at radius 3 is 2.41 bits per heavy atom. The number of furan rings is 1. The molecule has 2 unspecified atom stereocenters. The van der Waals surface area contributed by atoms with E-state index in [1.165, 1.54) is 0 Å². The fourth-order valence-electron chi connectivity index (χ4n) is 3.98. The topological polar surface area (TPSA) is 101 Å². The fourth-order valence-corrected chi connectivity index (χ4v) is 3.98. The van der Waals surface area contributed by atoms with Crippen LogP contribution >= 0.6 is 0 Å². The van der Waals surface area contributed by atoms with Crippen molar-refractivity contribution < 1.29 is 23.8 Å². The van der Waals surface area contributed by atoms with Gasteiger partial charge in [0.25, 0.3) is 5.91 Å². The Balaban J connectivity index is 1.35. The van der Waals surface area contributed by atoms with E-state index in [9.17, 15) is 9.59 Å². The van der Waals surface area contributed by atoms with Gasteiger partial charge in [0.1, 0.15) is 23.7 Å². The second kappa shape index (κ2) is 12.1. The Labute approximate surface area is 216 Å². The maximum atomic E-state index is 12.2. The van der Waals surface area contributed by atoms with Crippen LogP contribution in [-0.2, 0) is 4.79 Å². The Morgan fingerprint density at radius 2 is 1.73 bits per heavy atom. The van der Waals surface area contributed by atoms with Crippen LogP contribution < -0.4 is 15.4 Å². The number of carboxylic acids is 1. The minimum Gasteiger partial charge on any atom is -0.491 e. The lowest BCUT2D eigenvalue weighted by Crippen LogP contribution is -2.33. The zero-order valence-electron chi connectivity index (χ0n) is 21.1. The van der Waals surface area contributed by atoms with Crippen molar-refractivity contribution in [2.24, 2.45) is 5.92 Å². The van der Waals surface area contributed by atoms with Gasteiger partial charge in [-0.25, -0.2) is 0 Å². The Kier molecular flexibility index (Phi) is 8.46. The summed E-state index contributed by atoms with van der Waals surface area (Å²) in [5, 5.41) is 15.9. The van der Waals surface area contributed by atoms with Gasteiger partial charge >= 0.3 is 5.97 Å². The van der Waals surface area contributed by atoms with Crippen LogP contribution in [-0.4, -0.2) is 36.2 Å². The molecule has 3 aromatic carbocycles. The molecule has 192 valence electrons. The molecule has 0 fully saturated rings. The molecule has 37 heavy (non-hydrogen) atoms. The molecule has 0 aliphatic rings. The van der Waals surface area contributed by atoms with Crippen molar-refractivity contribution in [1.82, 2.24) is 5.32 Å². The zero-order valence-corrected chi connectivity index (χ0v) is 21.1. The van der Waals surface area contributed by atoms with Gasteiger partial charge in [0.15, 0.2) is 0 Å². The largest absolute Gasteiger partial charge is 0.491 e. The van der Waals surface area contributed by atoms with E-state index in [4.69, 9.17) is 14.3 Å². The van der Waals surface area contributed by atoms with Crippen molar-refractivity contribution >= 4 is 28.5 Å². The minimum atomic E-state index is -0.944. The maximum Gasteiger partial charge on any atom is 0.305 e. The maximum absolute atomic E-state index is 12.2. The van der Waals surface area contributed by atoms with Crippen molar-refractivity contribution in [2.75, 3.05) is 18.5 Å². The van der Waals surface area contributed by atoms with E-state index in [0.29, 0.717) is 18.1 Å². The highest BCUT2D eigenvalue weighted by Gasteiger charge is 2.17. The van der Waals surface area contributed by atoms with Crippen LogP contribution in [0.25, 0.3) is 22.3 Å². The Bertz CT molecular complexity index is 1300. The molecule has 0 radical (unpaired) electrons. The first-order chi connectivity index (χ1) is 17.9. The number of benzene rings is 3. The molecule has 0 saturated carbocycles. The summed E-state index contributed by atoms with van der Waals surface area (Å²) >= 11 is 0. The SMILES string of the molecule is CCC(C)C(COc1ccc(-c2cc3ccccc3o2)cc1)Nc1ccc(C(=O)NCCC(=O)O)cc1. The van der Waals surface area contributed by atoms with Crippen LogP contribution in [0.2, 0.25) is 0 Å². The van der Waals surface area contributed by atoms with E-state index in [1.807, 2.05) is 66.7 Å².